The van der Waals surface area contributed by atoms with E-state index >= 15 is 0 Å². The molecule has 0 atom stereocenters. The van der Waals surface area contributed by atoms with E-state index in [1.807, 2.05) is 6.07 Å². The second-order valence-corrected chi connectivity index (χ2v) is 4.67. The molecule has 0 bridgehead atoms. The van der Waals surface area contributed by atoms with Gasteiger partial charge in [-0.15, -0.1) is 0 Å². The summed E-state index contributed by atoms with van der Waals surface area (Å²) < 4.78 is 0. The SMILES string of the molecule is N#Cc1cnc(N2CCCc3ccccc3C2)cn1. The van der Waals surface area contributed by atoms with Crippen molar-refractivity contribution in [1.82, 2.24) is 9.97 Å². The highest BCUT2D eigenvalue weighted by molar-refractivity contribution is 5.41. The summed E-state index contributed by atoms with van der Waals surface area (Å²) in [6.07, 6.45) is 5.44. The molecule has 0 aliphatic carbocycles. The molecule has 0 spiro atoms. The molecule has 0 amide bonds. The number of rotatable bonds is 1. The summed E-state index contributed by atoms with van der Waals surface area (Å²) in [4.78, 5) is 10.6. The van der Waals surface area contributed by atoms with Gasteiger partial charge in [0.2, 0.25) is 0 Å². The van der Waals surface area contributed by atoms with Gasteiger partial charge in [-0.1, -0.05) is 24.3 Å². The largest absolute Gasteiger partial charge is 0.351 e. The first-order chi connectivity index (χ1) is 9.36. The van der Waals surface area contributed by atoms with E-state index in [4.69, 9.17) is 5.26 Å². The van der Waals surface area contributed by atoms with Crippen LogP contribution in [-0.4, -0.2) is 16.5 Å². The van der Waals surface area contributed by atoms with Crippen molar-refractivity contribution in [3.63, 3.8) is 0 Å². The fourth-order valence-electron chi connectivity index (χ4n) is 2.44. The zero-order chi connectivity index (χ0) is 13.1. The molecule has 19 heavy (non-hydrogen) atoms. The lowest BCUT2D eigenvalue weighted by atomic mass is 10.0. The Labute approximate surface area is 112 Å². The maximum atomic E-state index is 8.75. The Balaban J connectivity index is 1.88. The van der Waals surface area contributed by atoms with Crippen LogP contribution in [0.4, 0.5) is 5.82 Å². The van der Waals surface area contributed by atoms with Crippen LogP contribution in [0.15, 0.2) is 36.7 Å². The lowest BCUT2D eigenvalue weighted by Crippen LogP contribution is -2.23. The summed E-state index contributed by atoms with van der Waals surface area (Å²) in [5.41, 5.74) is 3.14. The molecule has 0 saturated heterocycles. The minimum atomic E-state index is 0.360. The average Bonchev–Trinajstić information content (AvgIpc) is 2.69. The molecule has 0 saturated carbocycles. The summed E-state index contributed by atoms with van der Waals surface area (Å²) in [6.45, 7) is 1.83. The van der Waals surface area contributed by atoms with E-state index in [1.54, 1.807) is 6.20 Å². The van der Waals surface area contributed by atoms with Crippen molar-refractivity contribution in [1.29, 1.82) is 5.26 Å². The Hall–Kier alpha value is -2.41. The lowest BCUT2D eigenvalue weighted by Gasteiger charge is -2.21. The standard InChI is InChI=1S/C15H14N4/c16-8-14-9-18-15(10-17-14)19-7-3-6-12-4-1-2-5-13(12)11-19/h1-2,4-5,9-10H,3,6-7,11H2. The molecule has 0 N–H and O–H groups in total. The van der Waals surface area contributed by atoms with Gasteiger partial charge < -0.3 is 4.90 Å². The normalized spacial score (nSPS) is 14.4. The van der Waals surface area contributed by atoms with Gasteiger partial charge in [-0.25, -0.2) is 9.97 Å². The maximum absolute atomic E-state index is 8.75. The van der Waals surface area contributed by atoms with E-state index in [1.165, 1.54) is 17.3 Å². The van der Waals surface area contributed by atoms with Crippen LogP contribution in [-0.2, 0) is 13.0 Å². The van der Waals surface area contributed by atoms with Gasteiger partial charge in [-0.2, -0.15) is 5.26 Å². The van der Waals surface area contributed by atoms with Crippen molar-refractivity contribution in [2.24, 2.45) is 0 Å². The lowest BCUT2D eigenvalue weighted by molar-refractivity contribution is 0.751. The number of anilines is 1. The fraction of sp³-hybridized carbons (Fsp3) is 0.267. The number of hydrogen-bond donors (Lipinski definition) is 0. The van der Waals surface area contributed by atoms with Crippen molar-refractivity contribution < 1.29 is 0 Å². The zero-order valence-corrected chi connectivity index (χ0v) is 10.6. The highest BCUT2D eigenvalue weighted by Gasteiger charge is 2.15. The van der Waals surface area contributed by atoms with Gasteiger partial charge in [0.1, 0.15) is 11.9 Å². The molecule has 2 heterocycles. The van der Waals surface area contributed by atoms with Crippen LogP contribution in [0.5, 0.6) is 0 Å². The fourth-order valence-corrected chi connectivity index (χ4v) is 2.44. The number of hydrogen-bond acceptors (Lipinski definition) is 4. The van der Waals surface area contributed by atoms with Crippen molar-refractivity contribution in [3.8, 4) is 6.07 Å². The number of nitriles is 1. The van der Waals surface area contributed by atoms with Crippen molar-refractivity contribution in [3.05, 3.63) is 53.5 Å². The van der Waals surface area contributed by atoms with Crippen LogP contribution in [0, 0.1) is 11.3 Å². The van der Waals surface area contributed by atoms with E-state index in [0.717, 1.165) is 31.7 Å². The number of fused-ring (bicyclic) bond motifs is 1. The molecule has 4 heteroatoms. The van der Waals surface area contributed by atoms with Crippen LogP contribution >= 0.6 is 0 Å². The predicted octanol–water partition coefficient (Wildman–Crippen LogP) is 2.30. The van der Waals surface area contributed by atoms with Crippen molar-refractivity contribution in [2.45, 2.75) is 19.4 Å². The maximum Gasteiger partial charge on any atom is 0.158 e. The van der Waals surface area contributed by atoms with Crippen molar-refractivity contribution in [2.75, 3.05) is 11.4 Å². The second kappa shape index (κ2) is 5.07. The van der Waals surface area contributed by atoms with E-state index in [2.05, 4.69) is 39.1 Å². The molecule has 1 aromatic heterocycles. The summed E-state index contributed by atoms with van der Waals surface area (Å²) in [5, 5.41) is 8.75. The Kier molecular flexibility index (Phi) is 3.11. The quantitative estimate of drug-likeness (QED) is 0.779. The molecule has 1 aliphatic heterocycles. The molecule has 1 aliphatic rings. The van der Waals surface area contributed by atoms with E-state index in [9.17, 15) is 0 Å². The average molecular weight is 250 g/mol. The van der Waals surface area contributed by atoms with Crippen molar-refractivity contribution >= 4 is 5.82 Å². The highest BCUT2D eigenvalue weighted by atomic mass is 15.2. The summed E-state index contributed by atoms with van der Waals surface area (Å²) in [6, 6.07) is 10.5. The Morgan fingerprint density at radius 3 is 2.68 bits per heavy atom. The first-order valence-corrected chi connectivity index (χ1v) is 6.41. The second-order valence-electron chi connectivity index (χ2n) is 4.67. The smallest absolute Gasteiger partial charge is 0.158 e. The Morgan fingerprint density at radius 2 is 1.95 bits per heavy atom. The van der Waals surface area contributed by atoms with E-state index in [-0.39, 0.29) is 0 Å². The molecule has 4 nitrogen and oxygen atoms in total. The Bertz CT molecular complexity index is 613. The molecule has 94 valence electrons. The molecular weight excluding hydrogens is 236 g/mol. The van der Waals surface area contributed by atoms with Gasteiger partial charge >= 0.3 is 0 Å². The molecule has 2 aromatic rings. The minimum absolute atomic E-state index is 0.360. The molecule has 1 aromatic carbocycles. The topological polar surface area (TPSA) is 52.8 Å². The van der Waals surface area contributed by atoms with Gasteiger partial charge in [-0.05, 0) is 24.0 Å². The van der Waals surface area contributed by atoms with Gasteiger partial charge in [0.05, 0.1) is 12.4 Å². The predicted molar refractivity (Wildman–Crippen MR) is 72.6 cm³/mol. The molecule has 3 rings (SSSR count). The monoisotopic (exact) mass is 250 g/mol. The van der Waals surface area contributed by atoms with Crippen LogP contribution in [0.3, 0.4) is 0 Å². The summed E-state index contributed by atoms with van der Waals surface area (Å²) in [5.74, 6) is 0.843. The van der Waals surface area contributed by atoms with Crippen LogP contribution in [0.25, 0.3) is 0 Å². The first kappa shape index (κ1) is 11.7. The summed E-state index contributed by atoms with van der Waals surface area (Å²) in [7, 11) is 0. The van der Waals surface area contributed by atoms with Crippen LogP contribution < -0.4 is 4.90 Å². The number of benzene rings is 1. The molecular formula is C15H14N4. The zero-order valence-electron chi connectivity index (χ0n) is 10.6. The van der Waals surface area contributed by atoms with Crippen LogP contribution in [0.1, 0.15) is 23.2 Å². The molecule has 0 unspecified atom stereocenters. The third kappa shape index (κ3) is 2.41. The van der Waals surface area contributed by atoms with E-state index < -0.39 is 0 Å². The minimum Gasteiger partial charge on any atom is -0.351 e. The Morgan fingerprint density at radius 1 is 1.11 bits per heavy atom. The third-order valence-electron chi connectivity index (χ3n) is 3.43. The first-order valence-electron chi connectivity index (χ1n) is 6.41. The summed E-state index contributed by atoms with van der Waals surface area (Å²) >= 11 is 0. The number of nitrogens with zero attached hydrogens (tertiary/aromatic N) is 4. The van der Waals surface area contributed by atoms with Gasteiger partial charge in [0.15, 0.2) is 5.69 Å². The van der Waals surface area contributed by atoms with E-state index in [0.29, 0.717) is 5.69 Å². The third-order valence-corrected chi connectivity index (χ3v) is 3.43. The highest BCUT2D eigenvalue weighted by Crippen LogP contribution is 2.21. The van der Waals surface area contributed by atoms with Gasteiger partial charge in [0, 0.05) is 13.1 Å². The number of aromatic nitrogens is 2. The number of aryl methyl sites for hydroxylation is 1. The van der Waals surface area contributed by atoms with Gasteiger partial charge in [0.25, 0.3) is 0 Å². The molecule has 0 radical (unpaired) electrons. The molecule has 0 fully saturated rings. The van der Waals surface area contributed by atoms with Crippen LogP contribution in [0.2, 0.25) is 0 Å². The van der Waals surface area contributed by atoms with Gasteiger partial charge in [-0.3, -0.25) is 0 Å².